The Morgan fingerprint density at radius 3 is 2.50 bits per heavy atom. The van der Waals surface area contributed by atoms with Crippen molar-refractivity contribution in [1.82, 2.24) is 9.13 Å². The highest BCUT2D eigenvalue weighted by Gasteiger charge is 2.14. The molecule has 0 aliphatic heterocycles. The molecule has 2 heterocycles. The lowest BCUT2D eigenvalue weighted by molar-refractivity contribution is 0.448. The lowest BCUT2D eigenvalue weighted by Crippen LogP contribution is -1.95. The molecule has 24 heavy (non-hydrogen) atoms. The monoisotopic (exact) mass is 340 g/mol. The van der Waals surface area contributed by atoms with Gasteiger partial charge in [0.1, 0.15) is 0 Å². The molecule has 0 spiro atoms. The zero-order valence-corrected chi connectivity index (χ0v) is 14.1. The van der Waals surface area contributed by atoms with Crippen LogP contribution in [0.15, 0.2) is 59.8 Å². The van der Waals surface area contributed by atoms with Gasteiger partial charge in [-0.15, -0.1) is 0 Å². The molecule has 0 atom stereocenters. The summed E-state index contributed by atoms with van der Waals surface area (Å²) < 4.78 is 27.1. The normalized spacial score (nSPS) is 12.2. The van der Waals surface area contributed by atoms with Crippen molar-refractivity contribution in [3.8, 4) is 11.6 Å². The minimum Gasteiger partial charge on any atom is -0.494 e. The minimum atomic E-state index is -3.32. The Bertz CT molecular complexity index is 1200. The third kappa shape index (κ3) is 2.18. The average molecular weight is 340 g/mol. The molecule has 0 radical (unpaired) electrons. The molecule has 4 rings (SSSR count). The number of hydrogen-bond acceptors (Lipinski definition) is 3. The van der Waals surface area contributed by atoms with Gasteiger partial charge in [0, 0.05) is 42.0 Å². The number of aromatic nitrogens is 2. The van der Waals surface area contributed by atoms with Crippen molar-refractivity contribution in [2.45, 2.75) is 4.90 Å². The van der Waals surface area contributed by atoms with Crippen LogP contribution in [0, 0.1) is 0 Å². The van der Waals surface area contributed by atoms with Crippen molar-refractivity contribution in [3.63, 3.8) is 0 Å². The molecule has 2 aromatic carbocycles. The van der Waals surface area contributed by atoms with Gasteiger partial charge in [0.15, 0.2) is 9.84 Å². The van der Waals surface area contributed by atoms with E-state index in [2.05, 4.69) is 0 Å². The van der Waals surface area contributed by atoms with Gasteiger partial charge in [0.2, 0.25) is 5.88 Å². The standard InChI is InChI=1S/C18H16N2O3S/c1-19-8-7-12-3-5-14(9-17(12)19)20-11-13-4-6-15(24(2,22)23)10-16(13)18(20)21/h3-11,21H,1-2H3. The Hall–Kier alpha value is -2.73. The first-order valence-corrected chi connectivity index (χ1v) is 9.33. The third-order valence-electron chi connectivity index (χ3n) is 4.34. The smallest absolute Gasteiger partial charge is 0.203 e. The Morgan fingerprint density at radius 1 is 1.00 bits per heavy atom. The van der Waals surface area contributed by atoms with Gasteiger partial charge in [-0.25, -0.2) is 8.42 Å². The van der Waals surface area contributed by atoms with Gasteiger partial charge in [-0.1, -0.05) is 12.1 Å². The van der Waals surface area contributed by atoms with Crippen LogP contribution in [0.5, 0.6) is 5.88 Å². The Balaban J connectivity index is 1.95. The Kier molecular flexibility index (Phi) is 3.02. The highest BCUT2D eigenvalue weighted by atomic mass is 32.2. The van der Waals surface area contributed by atoms with Crippen LogP contribution in [0.2, 0.25) is 0 Å². The second-order valence-corrected chi connectivity index (χ2v) is 8.03. The largest absolute Gasteiger partial charge is 0.494 e. The minimum absolute atomic E-state index is 0.0315. The summed E-state index contributed by atoms with van der Waals surface area (Å²) in [4.78, 5) is 0.195. The zero-order chi connectivity index (χ0) is 17.1. The van der Waals surface area contributed by atoms with Gasteiger partial charge < -0.3 is 9.67 Å². The molecule has 0 aliphatic rings. The van der Waals surface area contributed by atoms with Gasteiger partial charge in [0.05, 0.1) is 10.6 Å². The number of rotatable bonds is 2. The van der Waals surface area contributed by atoms with Crippen molar-refractivity contribution in [2.75, 3.05) is 6.26 Å². The molecule has 1 N–H and O–H groups in total. The van der Waals surface area contributed by atoms with Gasteiger partial charge in [-0.3, -0.25) is 4.57 Å². The number of hydrogen-bond donors (Lipinski definition) is 1. The summed E-state index contributed by atoms with van der Waals surface area (Å²) in [6, 6.07) is 12.7. The fourth-order valence-electron chi connectivity index (χ4n) is 3.00. The topological polar surface area (TPSA) is 64.2 Å². The molecule has 0 aliphatic carbocycles. The molecular formula is C18H16N2O3S. The molecule has 6 heteroatoms. The van der Waals surface area contributed by atoms with Crippen LogP contribution in [0.1, 0.15) is 0 Å². The highest BCUT2D eigenvalue weighted by Crippen LogP contribution is 2.32. The van der Waals surface area contributed by atoms with Crippen LogP contribution in [-0.2, 0) is 16.9 Å². The first-order chi connectivity index (χ1) is 11.3. The van der Waals surface area contributed by atoms with E-state index in [1.807, 2.05) is 42.1 Å². The molecule has 0 bridgehead atoms. The predicted molar refractivity (Wildman–Crippen MR) is 94.5 cm³/mol. The molecule has 0 unspecified atom stereocenters. The van der Waals surface area contributed by atoms with Gasteiger partial charge in [-0.2, -0.15) is 0 Å². The molecule has 2 aromatic heterocycles. The Morgan fingerprint density at radius 2 is 1.75 bits per heavy atom. The molecule has 4 aromatic rings. The summed E-state index contributed by atoms with van der Waals surface area (Å²) in [6.45, 7) is 0. The summed E-state index contributed by atoms with van der Waals surface area (Å²) >= 11 is 0. The van der Waals surface area contributed by atoms with Gasteiger partial charge >= 0.3 is 0 Å². The predicted octanol–water partition coefficient (Wildman–Crippen LogP) is 3.23. The van der Waals surface area contributed by atoms with E-state index in [1.165, 1.54) is 6.07 Å². The number of nitrogens with zero attached hydrogens (tertiary/aromatic N) is 2. The number of fused-ring (bicyclic) bond motifs is 2. The SMILES string of the molecule is Cn1ccc2ccc(-n3cc4ccc(S(C)(=O)=O)cc4c3O)cc21. The average Bonchev–Trinajstić information content (AvgIpc) is 3.07. The highest BCUT2D eigenvalue weighted by molar-refractivity contribution is 7.90. The van der Waals surface area contributed by atoms with Crippen molar-refractivity contribution >= 4 is 31.5 Å². The van der Waals surface area contributed by atoms with Crippen LogP contribution >= 0.6 is 0 Å². The Labute approximate surface area is 139 Å². The summed E-state index contributed by atoms with van der Waals surface area (Å²) in [5.41, 5.74) is 1.88. The van der Waals surface area contributed by atoms with E-state index in [0.717, 1.165) is 28.2 Å². The molecule has 5 nitrogen and oxygen atoms in total. The molecular weight excluding hydrogens is 324 g/mol. The van der Waals surface area contributed by atoms with E-state index in [0.29, 0.717) is 5.39 Å². The van der Waals surface area contributed by atoms with E-state index in [9.17, 15) is 13.5 Å². The van der Waals surface area contributed by atoms with E-state index in [4.69, 9.17) is 0 Å². The molecule has 0 saturated carbocycles. The van der Waals surface area contributed by atoms with Gasteiger partial charge in [-0.05, 0) is 35.7 Å². The van der Waals surface area contributed by atoms with E-state index in [-0.39, 0.29) is 10.8 Å². The maximum Gasteiger partial charge on any atom is 0.203 e. The zero-order valence-electron chi connectivity index (χ0n) is 13.3. The number of sulfone groups is 1. The number of aromatic hydroxyl groups is 1. The maximum absolute atomic E-state index is 11.7. The first-order valence-electron chi connectivity index (χ1n) is 7.44. The van der Waals surface area contributed by atoms with Gasteiger partial charge in [0.25, 0.3) is 0 Å². The number of benzene rings is 2. The van der Waals surface area contributed by atoms with E-state index >= 15 is 0 Å². The van der Waals surface area contributed by atoms with Crippen LogP contribution < -0.4 is 0 Å². The van der Waals surface area contributed by atoms with Crippen LogP contribution in [0.25, 0.3) is 27.4 Å². The summed E-state index contributed by atoms with van der Waals surface area (Å²) in [7, 11) is -1.35. The van der Waals surface area contributed by atoms with E-state index in [1.54, 1.807) is 22.9 Å². The molecule has 0 saturated heterocycles. The number of aryl methyl sites for hydroxylation is 1. The lowest BCUT2D eigenvalue weighted by Gasteiger charge is -2.06. The maximum atomic E-state index is 11.7. The van der Waals surface area contributed by atoms with Crippen LogP contribution in [0.4, 0.5) is 0 Å². The van der Waals surface area contributed by atoms with Crippen molar-refractivity contribution < 1.29 is 13.5 Å². The fraction of sp³-hybridized carbons (Fsp3) is 0.111. The van der Waals surface area contributed by atoms with E-state index < -0.39 is 9.84 Å². The van der Waals surface area contributed by atoms with Crippen molar-refractivity contribution in [2.24, 2.45) is 7.05 Å². The van der Waals surface area contributed by atoms with Crippen molar-refractivity contribution in [3.05, 3.63) is 54.9 Å². The summed E-state index contributed by atoms with van der Waals surface area (Å²) in [5.74, 6) is 0.0315. The fourth-order valence-corrected chi connectivity index (χ4v) is 3.65. The van der Waals surface area contributed by atoms with Crippen LogP contribution in [-0.4, -0.2) is 28.9 Å². The summed E-state index contributed by atoms with van der Waals surface area (Å²) in [5, 5.41) is 13.0. The third-order valence-corrected chi connectivity index (χ3v) is 5.45. The molecule has 122 valence electrons. The first kappa shape index (κ1) is 14.8. The second-order valence-electron chi connectivity index (χ2n) is 6.01. The lowest BCUT2D eigenvalue weighted by atomic mass is 10.2. The second kappa shape index (κ2) is 4.88. The summed E-state index contributed by atoms with van der Waals surface area (Å²) in [6.07, 6.45) is 4.95. The molecule has 0 amide bonds. The van der Waals surface area contributed by atoms with Crippen molar-refractivity contribution in [1.29, 1.82) is 0 Å². The molecule has 0 fully saturated rings. The van der Waals surface area contributed by atoms with Crippen LogP contribution in [0.3, 0.4) is 0 Å². The quantitative estimate of drug-likeness (QED) is 0.609.